The highest BCUT2D eigenvalue weighted by molar-refractivity contribution is 5.93. The molecule has 0 amide bonds. The second kappa shape index (κ2) is 6.27. The zero-order valence-electron chi connectivity index (χ0n) is 12.0. The normalized spacial score (nSPS) is 19.8. The number of nitrogens with zero attached hydrogens (tertiary/aromatic N) is 1. The minimum Gasteiger partial charge on any atom is -0.325 e. The van der Waals surface area contributed by atoms with Gasteiger partial charge >= 0.3 is 0 Å². The van der Waals surface area contributed by atoms with Gasteiger partial charge in [-0.1, -0.05) is 25.3 Å². The number of fused-ring (bicyclic) bond motifs is 1. The molecule has 0 aromatic heterocycles. The van der Waals surface area contributed by atoms with E-state index in [-0.39, 0.29) is 0 Å². The molecule has 1 saturated carbocycles. The van der Waals surface area contributed by atoms with Crippen LogP contribution in [0.4, 0.5) is 5.69 Å². The SMILES string of the molecule is NNC(=NC1CCCCC1)Nc1ccc2c(c1)CCC2. The molecule has 0 spiro atoms. The maximum atomic E-state index is 5.61. The lowest BCUT2D eigenvalue weighted by Crippen LogP contribution is -2.37. The molecule has 2 aliphatic carbocycles. The molecule has 20 heavy (non-hydrogen) atoms. The average molecular weight is 272 g/mol. The fourth-order valence-electron chi connectivity index (χ4n) is 3.28. The molecule has 0 radical (unpaired) electrons. The van der Waals surface area contributed by atoms with Gasteiger partial charge in [-0.05, 0) is 55.4 Å². The number of hydrazine groups is 1. The highest BCUT2D eigenvalue weighted by atomic mass is 15.3. The fourth-order valence-corrected chi connectivity index (χ4v) is 3.28. The molecular weight excluding hydrogens is 248 g/mol. The van der Waals surface area contributed by atoms with Crippen LogP contribution in [0.15, 0.2) is 23.2 Å². The second-order valence-corrected chi connectivity index (χ2v) is 5.88. The highest BCUT2D eigenvalue weighted by Gasteiger charge is 2.14. The van der Waals surface area contributed by atoms with E-state index in [1.165, 1.54) is 62.5 Å². The van der Waals surface area contributed by atoms with E-state index >= 15 is 0 Å². The van der Waals surface area contributed by atoms with Crippen LogP contribution >= 0.6 is 0 Å². The molecule has 0 heterocycles. The van der Waals surface area contributed by atoms with Crippen molar-refractivity contribution < 1.29 is 0 Å². The lowest BCUT2D eigenvalue weighted by atomic mass is 9.96. The van der Waals surface area contributed by atoms with Crippen LogP contribution in [-0.2, 0) is 12.8 Å². The minimum atomic E-state index is 0.414. The summed E-state index contributed by atoms with van der Waals surface area (Å²) in [6.45, 7) is 0. The van der Waals surface area contributed by atoms with Crippen molar-refractivity contribution in [2.75, 3.05) is 5.32 Å². The Kier molecular flexibility index (Phi) is 4.21. The number of rotatable bonds is 2. The van der Waals surface area contributed by atoms with Gasteiger partial charge in [-0.3, -0.25) is 5.43 Å². The Morgan fingerprint density at radius 3 is 2.65 bits per heavy atom. The van der Waals surface area contributed by atoms with E-state index in [9.17, 15) is 0 Å². The van der Waals surface area contributed by atoms with E-state index < -0.39 is 0 Å². The first kappa shape index (κ1) is 13.4. The van der Waals surface area contributed by atoms with Crippen molar-refractivity contribution in [1.82, 2.24) is 5.43 Å². The molecule has 4 nitrogen and oxygen atoms in total. The first-order chi connectivity index (χ1) is 9.85. The molecule has 0 bridgehead atoms. The summed E-state index contributed by atoms with van der Waals surface area (Å²) < 4.78 is 0. The molecule has 0 aliphatic heterocycles. The lowest BCUT2D eigenvalue weighted by molar-refractivity contribution is 0.442. The number of hydrogen-bond acceptors (Lipinski definition) is 2. The standard InChI is InChI=1S/C16H24N4/c17-20-16(18-14-7-2-1-3-8-14)19-15-10-9-12-5-4-6-13(12)11-15/h9-11,14H,1-8,17H2,(H2,18,19,20). The topological polar surface area (TPSA) is 62.4 Å². The van der Waals surface area contributed by atoms with E-state index in [0.29, 0.717) is 12.0 Å². The van der Waals surface area contributed by atoms with Crippen LogP contribution in [0.25, 0.3) is 0 Å². The number of benzene rings is 1. The van der Waals surface area contributed by atoms with Gasteiger partial charge in [0.25, 0.3) is 0 Å². The van der Waals surface area contributed by atoms with Crippen LogP contribution in [0.1, 0.15) is 49.7 Å². The summed E-state index contributed by atoms with van der Waals surface area (Å²) in [5, 5.41) is 3.32. The van der Waals surface area contributed by atoms with E-state index in [2.05, 4.69) is 28.9 Å². The number of aliphatic imine (C=N–C) groups is 1. The summed E-state index contributed by atoms with van der Waals surface area (Å²) in [5.74, 6) is 6.30. The molecule has 1 aromatic carbocycles. The highest BCUT2D eigenvalue weighted by Crippen LogP contribution is 2.25. The summed E-state index contributed by atoms with van der Waals surface area (Å²) in [4.78, 5) is 4.71. The van der Waals surface area contributed by atoms with Gasteiger partial charge in [0.1, 0.15) is 0 Å². The molecule has 0 unspecified atom stereocenters. The first-order valence-electron chi connectivity index (χ1n) is 7.78. The van der Waals surface area contributed by atoms with Crippen molar-refractivity contribution >= 4 is 11.6 Å². The summed E-state index contributed by atoms with van der Waals surface area (Å²) >= 11 is 0. The van der Waals surface area contributed by atoms with Crippen molar-refractivity contribution in [2.45, 2.75) is 57.4 Å². The summed E-state index contributed by atoms with van der Waals surface area (Å²) in [5.41, 5.74) is 6.74. The number of guanidine groups is 1. The van der Waals surface area contributed by atoms with Gasteiger partial charge in [-0.25, -0.2) is 10.8 Å². The van der Waals surface area contributed by atoms with Gasteiger partial charge in [0.2, 0.25) is 5.96 Å². The van der Waals surface area contributed by atoms with Gasteiger partial charge < -0.3 is 5.32 Å². The summed E-state index contributed by atoms with van der Waals surface area (Å²) in [7, 11) is 0. The van der Waals surface area contributed by atoms with E-state index in [1.54, 1.807) is 0 Å². The maximum Gasteiger partial charge on any atom is 0.210 e. The molecule has 1 fully saturated rings. The molecule has 0 atom stereocenters. The number of nitrogens with two attached hydrogens (primary N) is 1. The molecule has 4 N–H and O–H groups in total. The third kappa shape index (κ3) is 3.12. The van der Waals surface area contributed by atoms with Crippen LogP contribution in [0.3, 0.4) is 0 Å². The Bertz CT molecular complexity index is 489. The Hall–Kier alpha value is -1.55. The minimum absolute atomic E-state index is 0.414. The molecule has 0 saturated heterocycles. The van der Waals surface area contributed by atoms with Crippen LogP contribution in [0, 0.1) is 0 Å². The van der Waals surface area contributed by atoms with Crippen molar-refractivity contribution in [2.24, 2.45) is 10.8 Å². The van der Waals surface area contributed by atoms with Gasteiger partial charge in [0, 0.05) is 5.69 Å². The number of hydrogen-bond donors (Lipinski definition) is 3. The largest absolute Gasteiger partial charge is 0.325 e. The third-order valence-electron chi connectivity index (χ3n) is 4.38. The predicted molar refractivity (Wildman–Crippen MR) is 83.7 cm³/mol. The molecule has 108 valence electrons. The maximum absolute atomic E-state index is 5.61. The number of nitrogens with one attached hydrogen (secondary N) is 2. The first-order valence-corrected chi connectivity index (χ1v) is 7.78. The number of anilines is 1. The van der Waals surface area contributed by atoms with E-state index in [4.69, 9.17) is 10.8 Å². The zero-order chi connectivity index (χ0) is 13.8. The van der Waals surface area contributed by atoms with Gasteiger partial charge in [-0.2, -0.15) is 0 Å². The molecule has 2 aliphatic rings. The number of aryl methyl sites for hydroxylation is 2. The fraction of sp³-hybridized carbons (Fsp3) is 0.562. The van der Waals surface area contributed by atoms with Crippen LogP contribution in [0.2, 0.25) is 0 Å². The zero-order valence-corrected chi connectivity index (χ0v) is 12.0. The quantitative estimate of drug-likeness (QED) is 0.336. The van der Waals surface area contributed by atoms with Gasteiger partial charge in [0.05, 0.1) is 6.04 Å². The van der Waals surface area contributed by atoms with Crippen LogP contribution in [0.5, 0.6) is 0 Å². The van der Waals surface area contributed by atoms with Crippen molar-refractivity contribution in [3.8, 4) is 0 Å². The smallest absolute Gasteiger partial charge is 0.210 e. The van der Waals surface area contributed by atoms with Gasteiger partial charge in [0.15, 0.2) is 0 Å². The van der Waals surface area contributed by atoms with Crippen molar-refractivity contribution in [1.29, 1.82) is 0 Å². The summed E-state index contributed by atoms with van der Waals surface area (Å²) in [6, 6.07) is 6.99. The molecular formula is C16H24N4. The van der Waals surface area contributed by atoms with Crippen molar-refractivity contribution in [3.05, 3.63) is 29.3 Å². The van der Waals surface area contributed by atoms with Crippen molar-refractivity contribution in [3.63, 3.8) is 0 Å². The Morgan fingerprint density at radius 1 is 1.05 bits per heavy atom. The van der Waals surface area contributed by atoms with Crippen LogP contribution in [-0.4, -0.2) is 12.0 Å². The predicted octanol–water partition coefficient (Wildman–Crippen LogP) is 2.74. The molecule has 1 aromatic rings. The third-order valence-corrected chi connectivity index (χ3v) is 4.38. The van der Waals surface area contributed by atoms with Crippen LogP contribution < -0.4 is 16.6 Å². The lowest BCUT2D eigenvalue weighted by Gasteiger charge is -2.19. The average Bonchev–Trinajstić information content (AvgIpc) is 2.95. The molecule has 4 heteroatoms. The Labute approximate surface area is 120 Å². The summed E-state index contributed by atoms with van der Waals surface area (Å²) in [6.07, 6.45) is 9.94. The Balaban J connectivity index is 1.69. The van der Waals surface area contributed by atoms with Gasteiger partial charge in [-0.15, -0.1) is 0 Å². The monoisotopic (exact) mass is 272 g/mol. The molecule has 3 rings (SSSR count). The van der Waals surface area contributed by atoms with E-state index in [0.717, 1.165) is 5.69 Å². The second-order valence-electron chi connectivity index (χ2n) is 5.88. The van der Waals surface area contributed by atoms with E-state index in [1.807, 2.05) is 0 Å². The Morgan fingerprint density at radius 2 is 1.85 bits per heavy atom.